The zero-order chi connectivity index (χ0) is 12.8. The van der Waals surface area contributed by atoms with Gasteiger partial charge < -0.3 is 14.6 Å². The maximum atomic E-state index is 11.2. The summed E-state index contributed by atoms with van der Waals surface area (Å²) in [5.74, 6) is -1.56. The van der Waals surface area contributed by atoms with Crippen LogP contribution in [0.3, 0.4) is 0 Å². The highest BCUT2D eigenvalue weighted by atomic mass is 127. The number of carbonyl (C=O) groups excluding carboxylic acids is 1. The molecule has 1 spiro atoms. The molecule has 18 heavy (non-hydrogen) atoms. The van der Waals surface area contributed by atoms with E-state index in [-0.39, 0.29) is 3.92 Å². The molecule has 4 nitrogen and oxygen atoms in total. The van der Waals surface area contributed by atoms with Gasteiger partial charge in [0.2, 0.25) is 5.79 Å². The average Bonchev–Trinajstić information content (AvgIpc) is 2.88. The Morgan fingerprint density at radius 2 is 2.00 bits per heavy atom. The summed E-state index contributed by atoms with van der Waals surface area (Å²) in [4.78, 5) is 11.2. The predicted octanol–water partition coefficient (Wildman–Crippen LogP) is 1.73. The second-order valence-electron chi connectivity index (χ2n) is 4.32. The first-order chi connectivity index (χ1) is 8.62. The maximum absolute atomic E-state index is 11.2. The van der Waals surface area contributed by atoms with Crippen molar-refractivity contribution in [3.8, 4) is 0 Å². The van der Waals surface area contributed by atoms with Gasteiger partial charge in [-0.25, -0.2) is 4.79 Å². The molecule has 1 fully saturated rings. The zero-order valence-electron chi connectivity index (χ0n) is 9.32. The Balaban J connectivity index is 1.93. The number of esters is 1. The molecule has 0 amide bonds. The second-order valence-corrected chi connectivity index (χ2v) is 5.66. The first kappa shape index (κ1) is 12.1. The Morgan fingerprint density at radius 1 is 1.28 bits per heavy atom. The molecular formula is C13H11IO4. The van der Waals surface area contributed by atoms with E-state index < -0.39 is 24.0 Å². The van der Waals surface area contributed by atoms with E-state index in [1.54, 1.807) is 6.08 Å². The lowest BCUT2D eigenvalue weighted by atomic mass is 10.0. The molecule has 1 N–H and O–H groups in total. The molecule has 5 heteroatoms. The fourth-order valence-corrected chi connectivity index (χ4v) is 3.11. The Morgan fingerprint density at radius 3 is 2.61 bits per heavy atom. The molecule has 3 rings (SSSR count). The van der Waals surface area contributed by atoms with Crippen molar-refractivity contribution >= 4 is 28.6 Å². The quantitative estimate of drug-likeness (QED) is 0.472. The lowest BCUT2D eigenvalue weighted by molar-refractivity contribution is -0.190. The highest BCUT2D eigenvalue weighted by molar-refractivity contribution is 14.1. The van der Waals surface area contributed by atoms with Crippen LogP contribution in [-0.2, 0) is 14.3 Å². The Hall–Kier alpha value is -0.920. The summed E-state index contributed by atoms with van der Waals surface area (Å²) in [6.07, 6.45) is 1.72. The van der Waals surface area contributed by atoms with Crippen molar-refractivity contribution in [2.75, 3.05) is 0 Å². The van der Waals surface area contributed by atoms with Crippen LogP contribution in [-0.4, -0.2) is 26.9 Å². The smallest absolute Gasteiger partial charge is 0.333 e. The van der Waals surface area contributed by atoms with Gasteiger partial charge in [-0.15, -0.1) is 0 Å². The van der Waals surface area contributed by atoms with Crippen LogP contribution in [0.25, 0.3) is 0 Å². The topological polar surface area (TPSA) is 55.8 Å². The second kappa shape index (κ2) is 4.32. The summed E-state index contributed by atoms with van der Waals surface area (Å²) < 4.78 is 10.7. The minimum atomic E-state index is -1.13. The van der Waals surface area contributed by atoms with Gasteiger partial charge in [0.25, 0.3) is 0 Å². The summed E-state index contributed by atoms with van der Waals surface area (Å²) in [5, 5.41) is 10.3. The number of halogens is 1. The number of alkyl halides is 1. The molecule has 2 aliphatic rings. The van der Waals surface area contributed by atoms with Gasteiger partial charge in [-0.1, -0.05) is 52.9 Å². The van der Waals surface area contributed by atoms with Crippen LogP contribution in [0.4, 0.5) is 0 Å². The maximum Gasteiger partial charge on any atom is 0.333 e. The van der Waals surface area contributed by atoms with Crippen LogP contribution in [0.1, 0.15) is 11.7 Å². The number of rotatable bonds is 1. The summed E-state index contributed by atoms with van der Waals surface area (Å²) in [5.41, 5.74) is 0.875. The molecule has 0 saturated carbocycles. The molecule has 0 aliphatic carbocycles. The number of hydrogen-bond acceptors (Lipinski definition) is 4. The van der Waals surface area contributed by atoms with Crippen molar-refractivity contribution in [2.45, 2.75) is 21.9 Å². The molecule has 4 atom stereocenters. The Bertz CT molecular complexity index is 501. The summed E-state index contributed by atoms with van der Waals surface area (Å²) in [6.45, 7) is 0. The lowest BCUT2D eigenvalue weighted by Crippen LogP contribution is -2.38. The van der Waals surface area contributed by atoms with Crippen molar-refractivity contribution in [2.24, 2.45) is 0 Å². The molecule has 0 unspecified atom stereocenters. The van der Waals surface area contributed by atoms with E-state index in [2.05, 4.69) is 22.6 Å². The Kier molecular flexibility index (Phi) is 2.91. The molecule has 0 bridgehead atoms. The third-order valence-corrected chi connectivity index (χ3v) is 4.75. The number of hydrogen-bond donors (Lipinski definition) is 1. The molecule has 2 heterocycles. The molecule has 1 aromatic rings. The predicted molar refractivity (Wildman–Crippen MR) is 72.0 cm³/mol. The van der Waals surface area contributed by atoms with Gasteiger partial charge in [0.15, 0.2) is 0 Å². The van der Waals surface area contributed by atoms with Crippen LogP contribution < -0.4 is 0 Å². The monoisotopic (exact) mass is 358 g/mol. The fourth-order valence-electron chi connectivity index (χ4n) is 2.25. The normalized spacial score (nSPS) is 38.3. The van der Waals surface area contributed by atoms with Gasteiger partial charge in [0, 0.05) is 6.08 Å². The highest BCUT2D eigenvalue weighted by Crippen LogP contribution is 2.47. The third kappa shape index (κ3) is 1.77. The van der Waals surface area contributed by atoms with Gasteiger partial charge in [0.1, 0.15) is 16.1 Å². The van der Waals surface area contributed by atoms with E-state index in [4.69, 9.17) is 9.47 Å². The number of aliphatic hydroxyl groups is 1. The van der Waals surface area contributed by atoms with Crippen molar-refractivity contribution in [3.63, 3.8) is 0 Å². The van der Waals surface area contributed by atoms with E-state index in [1.807, 2.05) is 30.3 Å². The van der Waals surface area contributed by atoms with E-state index in [1.165, 1.54) is 6.08 Å². The summed E-state index contributed by atoms with van der Waals surface area (Å²) in [7, 11) is 0. The van der Waals surface area contributed by atoms with Crippen LogP contribution >= 0.6 is 22.6 Å². The largest absolute Gasteiger partial charge is 0.425 e. The van der Waals surface area contributed by atoms with Crippen LogP contribution in [0.5, 0.6) is 0 Å². The van der Waals surface area contributed by atoms with Crippen molar-refractivity contribution in [3.05, 3.63) is 48.0 Å². The molecular weight excluding hydrogens is 347 g/mol. The first-order valence-electron chi connectivity index (χ1n) is 5.59. The number of aliphatic hydroxyl groups excluding tert-OH is 1. The molecule has 1 aromatic carbocycles. The van der Waals surface area contributed by atoms with Crippen molar-refractivity contribution < 1.29 is 19.4 Å². The van der Waals surface area contributed by atoms with E-state index in [0.717, 1.165) is 5.56 Å². The number of ether oxygens (including phenoxy) is 2. The molecule has 2 aliphatic heterocycles. The minimum Gasteiger partial charge on any atom is -0.425 e. The highest BCUT2D eigenvalue weighted by Gasteiger charge is 2.57. The molecule has 0 aromatic heterocycles. The van der Waals surface area contributed by atoms with Crippen LogP contribution in [0.2, 0.25) is 0 Å². The fraction of sp³-hybridized carbons (Fsp3) is 0.308. The third-order valence-electron chi connectivity index (χ3n) is 3.15. The zero-order valence-corrected chi connectivity index (χ0v) is 11.5. The van der Waals surface area contributed by atoms with Gasteiger partial charge in [-0.05, 0) is 11.6 Å². The molecule has 1 saturated heterocycles. The summed E-state index contributed by atoms with van der Waals surface area (Å²) >= 11 is 2.06. The van der Waals surface area contributed by atoms with E-state index >= 15 is 0 Å². The average molecular weight is 358 g/mol. The van der Waals surface area contributed by atoms with Crippen molar-refractivity contribution in [1.29, 1.82) is 0 Å². The summed E-state index contributed by atoms with van der Waals surface area (Å²) in [6, 6.07) is 9.44. The SMILES string of the molecule is O=C1C=C[C@@]2(O1)O[C@H](c1ccccc1)[C@@H](O)[C@H]2I. The van der Waals surface area contributed by atoms with Crippen molar-refractivity contribution in [1.82, 2.24) is 0 Å². The van der Waals surface area contributed by atoms with E-state index in [9.17, 15) is 9.90 Å². The molecule has 0 radical (unpaired) electrons. The molecule has 94 valence electrons. The number of carbonyl (C=O) groups is 1. The standard InChI is InChI=1S/C13H11IO4/c14-12-10(16)11(8-4-2-1-3-5-8)18-13(12)7-6-9(15)17-13/h1-7,10-12,16H/t10-,11-,12-,13-/m1/s1. The van der Waals surface area contributed by atoms with Crippen LogP contribution in [0, 0.1) is 0 Å². The Labute approximate surface area is 118 Å². The minimum absolute atomic E-state index is 0.331. The van der Waals surface area contributed by atoms with E-state index in [0.29, 0.717) is 0 Å². The van der Waals surface area contributed by atoms with Gasteiger partial charge in [0.05, 0.1) is 0 Å². The van der Waals surface area contributed by atoms with Crippen LogP contribution in [0.15, 0.2) is 42.5 Å². The first-order valence-corrected chi connectivity index (χ1v) is 6.84. The number of benzene rings is 1. The lowest BCUT2D eigenvalue weighted by Gasteiger charge is -2.23. The van der Waals surface area contributed by atoms with Gasteiger partial charge in [-0.2, -0.15) is 0 Å². The van der Waals surface area contributed by atoms with Gasteiger partial charge >= 0.3 is 5.97 Å². The van der Waals surface area contributed by atoms with Gasteiger partial charge in [-0.3, -0.25) is 0 Å².